The standard InChI is InChI=1S/C30H35BN2O5/c1-29(2)30(3,4)38-31(37-29)21-12-10-19(11-13-21)28(27-25(34)16-22(36-5)17-26(27)35)32-15-14-20-18-33-24-9-7-6-8-23(20)24/h6-13,16-18,28,32-35H,14-15H2,1-5H3. The van der Waals surface area contributed by atoms with Crippen LogP contribution in [-0.4, -0.2) is 47.2 Å². The van der Waals surface area contributed by atoms with Gasteiger partial charge in [0.05, 0.1) is 29.9 Å². The summed E-state index contributed by atoms with van der Waals surface area (Å²) in [6, 6.07) is 18.7. The van der Waals surface area contributed by atoms with Crippen LogP contribution in [0.3, 0.4) is 0 Å². The summed E-state index contributed by atoms with van der Waals surface area (Å²) in [5.74, 6) is 0.306. The van der Waals surface area contributed by atoms with E-state index in [1.807, 2.05) is 70.3 Å². The van der Waals surface area contributed by atoms with E-state index in [1.54, 1.807) is 0 Å². The molecule has 38 heavy (non-hydrogen) atoms. The fourth-order valence-electron chi connectivity index (χ4n) is 4.91. The number of rotatable bonds is 8. The second-order valence-corrected chi connectivity index (χ2v) is 10.8. The van der Waals surface area contributed by atoms with Crippen molar-refractivity contribution in [1.82, 2.24) is 10.3 Å². The lowest BCUT2D eigenvalue weighted by Crippen LogP contribution is -2.41. The molecular formula is C30H35BN2O5. The normalized spacial score (nSPS) is 17.1. The Morgan fingerprint density at radius 3 is 2.21 bits per heavy atom. The van der Waals surface area contributed by atoms with E-state index >= 15 is 0 Å². The van der Waals surface area contributed by atoms with E-state index in [9.17, 15) is 10.2 Å². The monoisotopic (exact) mass is 514 g/mol. The van der Waals surface area contributed by atoms with Crippen molar-refractivity contribution in [1.29, 1.82) is 0 Å². The van der Waals surface area contributed by atoms with Crippen LogP contribution >= 0.6 is 0 Å². The number of H-pyrrole nitrogens is 1. The first-order valence-electron chi connectivity index (χ1n) is 12.9. The molecule has 0 aliphatic carbocycles. The molecule has 0 bridgehead atoms. The number of aromatic hydroxyl groups is 2. The number of hydrogen-bond donors (Lipinski definition) is 4. The third kappa shape index (κ3) is 4.87. The Bertz CT molecular complexity index is 1390. The van der Waals surface area contributed by atoms with Gasteiger partial charge in [-0.15, -0.1) is 0 Å². The number of phenols is 2. The molecule has 2 heterocycles. The summed E-state index contributed by atoms with van der Waals surface area (Å²) in [7, 11) is 1.03. The number of phenolic OH excluding ortho intramolecular Hbond substituents is 2. The topological polar surface area (TPSA) is 96.0 Å². The largest absolute Gasteiger partial charge is 0.507 e. The molecule has 5 rings (SSSR count). The van der Waals surface area contributed by atoms with Crippen molar-refractivity contribution in [2.75, 3.05) is 13.7 Å². The van der Waals surface area contributed by atoms with Crippen molar-refractivity contribution in [2.24, 2.45) is 0 Å². The lowest BCUT2D eigenvalue weighted by Gasteiger charge is -2.32. The zero-order valence-corrected chi connectivity index (χ0v) is 22.5. The average molecular weight is 514 g/mol. The summed E-state index contributed by atoms with van der Waals surface area (Å²) in [6.07, 6.45) is 2.80. The summed E-state index contributed by atoms with van der Waals surface area (Å²) >= 11 is 0. The number of methoxy groups -OCH3 is 1. The number of ether oxygens (including phenoxy) is 1. The lowest BCUT2D eigenvalue weighted by atomic mass is 9.78. The highest BCUT2D eigenvalue weighted by Crippen LogP contribution is 2.40. The molecule has 1 fully saturated rings. The van der Waals surface area contributed by atoms with E-state index in [1.165, 1.54) is 30.2 Å². The molecule has 4 aromatic rings. The van der Waals surface area contributed by atoms with Crippen molar-refractivity contribution >= 4 is 23.5 Å². The minimum Gasteiger partial charge on any atom is -0.507 e. The first-order chi connectivity index (χ1) is 18.1. The third-order valence-electron chi connectivity index (χ3n) is 7.85. The summed E-state index contributed by atoms with van der Waals surface area (Å²) in [5.41, 5.74) is 3.64. The van der Waals surface area contributed by atoms with E-state index in [0.29, 0.717) is 17.9 Å². The van der Waals surface area contributed by atoms with Gasteiger partial charge in [-0.1, -0.05) is 42.5 Å². The van der Waals surface area contributed by atoms with Crippen molar-refractivity contribution in [2.45, 2.75) is 51.4 Å². The average Bonchev–Trinajstić information content (AvgIpc) is 3.39. The van der Waals surface area contributed by atoms with E-state index in [-0.39, 0.29) is 11.5 Å². The smallest absolute Gasteiger partial charge is 0.494 e. The molecule has 1 saturated heterocycles. The van der Waals surface area contributed by atoms with E-state index in [2.05, 4.69) is 22.4 Å². The highest BCUT2D eigenvalue weighted by Gasteiger charge is 2.51. The number of hydrogen-bond acceptors (Lipinski definition) is 6. The maximum absolute atomic E-state index is 10.9. The summed E-state index contributed by atoms with van der Waals surface area (Å²) in [5, 5.41) is 26.5. The number of fused-ring (bicyclic) bond motifs is 1. The Kier molecular flexibility index (Phi) is 6.90. The molecular weight excluding hydrogens is 479 g/mol. The van der Waals surface area contributed by atoms with Crippen LogP contribution in [0.15, 0.2) is 66.9 Å². The quantitative estimate of drug-likeness (QED) is 0.252. The van der Waals surface area contributed by atoms with Gasteiger partial charge in [0.15, 0.2) is 0 Å². The Labute approximate surface area is 223 Å². The van der Waals surface area contributed by atoms with E-state index in [0.717, 1.165) is 23.0 Å². The summed E-state index contributed by atoms with van der Waals surface area (Å²) in [6.45, 7) is 8.75. The van der Waals surface area contributed by atoms with Crippen molar-refractivity contribution in [3.05, 3.63) is 83.6 Å². The van der Waals surface area contributed by atoms with Gasteiger partial charge in [-0.05, 0) is 56.8 Å². The number of benzene rings is 3. The molecule has 1 atom stereocenters. The van der Waals surface area contributed by atoms with Gasteiger partial charge in [-0.2, -0.15) is 0 Å². The first-order valence-corrected chi connectivity index (χ1v) is 12.9. The maximum atomic E-state index is 10.9. The Morgan fingerprint density at radius 1 is 0.947 bits per heavy atom. The highest BCUT2D eigenvalue weighted by molar-refractivity contribution is 6.62. The molecule has 3 aromatic carbocycles. The molecule has 1 unspecified atom stereocenters. The van der Waals surface area contributed by atoms with Crippen LogP contribution in [0.1, 0.15) is 50.4 Å². The Morgan fingerprint density at radius 2 is 1.58 bits per heavy atom. The van der Waals surface area contributed by atoms with Gasteiger partial charge in [0.2, 0.25) is 0 Å². The van der Waals surface area contributed by atoms with Crippen molar-refractivity contribution < 1.29 is 24.3 Å². The minimum atomic E-state index is -0.467. The van der Waals surface area contributed by atoms with Gasteiger partial charge in [-0.3, -0.25) is 0 Å². The van der Waals surface area contributed by atoms with Crippen LogP contribution in [0.4, 0.5) is 0 Å². The minimum absolute atomic E-state index is 0.0403. The Hall–Kier alpha value is -3.46. The van der Waals surface area contributed by atoms with Crippen LogP contribution in [0.5, 0.6) is 17.2 Å². The molecule has 198 valence electrons. The maximum Gasteiger partial charge on any atom is 0.494 e. The fraction of sp³-hybridized carbons (Fsp3) is 0.333. The predicted octanol–water partition coefficient (Wildman–Crippen LogP) is 4.81. The van der Waals surface area contributed by atoms with Crippen molar-refractivity contribution in [3.8, 4) is 17.2 Å². The van der Waals surface area contributed by atoms with E-state index in [4.69, 9.17) is 14.0 Å². The van der Waals surface area contributed by atoms with Crippen LogP contribution in [-0.2, 0) is 15.7 Å². The molecule has 0 saturated carbocycles. The van der Waals surface area contributed by atoms with Crippen molar-refractivity contribution in [3.63, 3.8) is 0 Å². The molecule has 4 N–H and O–H groups in total. The van der Waals surface area contributed by atoms with Gasteiger partial charge in [0.1, 0.15) is 17.2 Å². The van der Waals surface area contributed by atoms with Crippen LogP contribution < -0.4 is 15.5 Å². The molecule has 0 amide bonds. The number of para-hydroxylation sites is 1. The molecule has 7 nitrogen and oxygen atoms in total. The lowest BCUT2D eigenvalue weighted by molar-refractivity contribution is 0.00578. The zero-order chi connectivity index (χ0) is 27.1. The second kappa shape index (κ2) is 10.0. The summed E-state index contributed by atoms with van der Waals surface area (Å²) in [4.78, 5) is 3.32. The van der Waals surface area contributed by atoms with Gasteiger partial charge < -0.3 is 34.6 Å². The molecule has 1 aliphatic rings. The number of aromatic nitrogens is 1. The molecule has 1 aromatic heterocycles. The highest BCUT2D eigenvalue weighted by atomic mass is 16.7. The van der Waals surface area contributed by atoms with E-state index < -0.39 is 24.4 Å². The van der Waals surface area contributed by atoms with Crippen LogP contribution in [0.25, 0.3) is 10.9 Å². The molecule has 0 spiro atoms. The fourth-order valence-corrected chi connectivity index (χ4v) is 4.91. The van der Waals surface area contributed by atoms with Gasteiger partial charge in [0.25, 0.3) is 0 Å². The van der Waals surface area contributed by atoms with Gasteiger partial charge in [-0.25, -0.2) is 0 Å². The molecule has 1 aliphatic heterocycles. The number of nitrogens with one attached hydrogen (secondary N) is 2. The molecule has 0 radical (unpaired) electrons. The molecule has 8 heteroatoms. The number of aromatic amines is 1. The second-order valence-electron chi connectivity index (χ2n) is 10.8. The predicted molar refractivity (Wildman–Crippen MR) is 150 cm³/mol. The van der Waals surface area contributed by atoms with Gasteiger partial charge in [0, 0.05) is 35.8 Å². The third-order valence-corrected chi connectivity index (χ3v) is 7.85. The SMILES string of the molecule is COc1cc(O)c(C(NCCc2c[nH]c3ccccc23)c2ccc(B3OC(C)(C)C(C)(C)O3)cc2)c(O)c1. The summed E-state index contributed by atoms with van der Waals surface area (Å²) < 4.78 is 17.6. The van der Waals surface area contributed by atoms with Gasteiger partial charge >= 0.3 is 7.12 Å². The zero-order valence-electron chi connectivity index (χ0n) is 22.5. The Balaban J connectivity index is 1.42. The first kappa shape index (κ1) is 26.2. The van der Waals surface area contributed by atoms with Crippen LogP contribution in [0, 0.1) is 0 Å². The van der Waals surface area contributed by atoms with Crippen LogP contribution in [0.2, 0.25) is 0 Å².